The number of para-hydroxylation sites is 1. The van der Waals surface area contributed by atoms with Crippen LogP contribution in [0.4, 0.5) is 5.82 Å². The van der Waals surface area contributed by atoms with Crippen LogP contribution in [0.2, 0.25) is 0 Å². The first-order valence-corrected chi connectivity index (χ1v) is 10.4. The number of aliphatic imine (C=N–C) groups is 1. The number of benzene rings is 1. The highest BCUT2D eigenvalue weighted by atomic mass is 127. The molecule has 0 aliphatic heterocycles. The summed E-state index contributed by atoms with van der Waals surface area (Å²) in [5.74, 6) is 2.58. The third-order valence-electron chi connectivity index (χ3n) is 4.58. The SMILES string of the molecule is CCNC(=NCc1cc(N(C)C)nc2ccccc12)NCCCOCc1ccco1.I. The molecule has 0 aliphatic carbocycles. The Kier molecular flexibility index (Phi) is 10.6. The van der Waals surface area contributed by atoms with Crippen molar-refractivity contribution in [1.82, 2.24) is 15.6 Å². The summed E-state index contributed by atoms with van der Waals surface area (Å²) in [6, 6.07) is 14.1. The van der Waals surface area contributed by atoms with E-state index in [1.165, 1.54) is 0 Å². The van der Waals surface area contributed by atoms with E-state index in [1.54, 1.807) is 6.26 Å². The fraction of sp³-hybridized carbons (Fsp3) is 0.391. The highest BCUT2D eigenvalue weighted by molar-refractivity contribution is 14.0. The predicted molar refractivity (Wildman–Crippen MR) is 137 cm³/mol. The van der Waals surface area contributed by atoms with Gasteiger partial charge in [0.1, 0.15) is 18.2 Å². The number of guanidine groups is 1. The monoisotopic (exact) mass is 537 g/mol. The molecule has 3 rings (SSSR count). The van der Waals surface area contributed by atoms with Crippen molar-refractivity contribution in [2.24, 2.45) is 4.99 Å². The van der Waals surface area contributed by atoms with Gasteiger partial charge >= 0.3 is 0 Å². The topological polar surface area (TPSA) is 74.9 Å². The first-order chi connectivity index (χ1) is 14.7. The fourth-order valence-corrected chi connectivity index (χ4v) is 3.05. The van der Waals surface area contributed by atoms with Crippen LogP contribution in [0.3, 0.4) is 0 Å². The molecule has 7 nitrogen and oxygen atoms in total. The van der Waals surface area contributed by atoms with Gasteiger partial charge in [-0.3, -0.25) is 0 Å². The van der Waals surface area contributed by atoms with Crippen LogP contribution in [0.25, 0.3) is 10.9 Å². The van der Waals surface area contributed by atoms with Crippen molar-refractivity contribution in [2.75, 3.05) is 38.7 Å². The lowest BCUT2D eigenvalue weighted by Crippen LogP contribution is -2.38. The Bertz CT molecular complexity index is 944. The smallest absolute Gasteiger partial charge is 0.191 e. The van der Waals surface area contributed by atoms with Gasteiger partial charge in [-0.15, -0.1) is 24.0 Å². The molecule has 2 aromatic heterocycles. The number of hydrogen-bond donors (Lipinski definition) is 2. The number of nitrogens with zero attached hydrogens (tertiary/aromatic N) is 3. The molecule has 0 saturated heterocycles. The Morgan fingerprint density at radius 1 is 1.16 bits per heavy atom. The number of nitrogens with one attached hydrogen (secondary N) is 2. The highest BCUT2D eigenvalue weighted by Gasteiger charge is 2.07. The summed E-state index contributed by atoms with van der Waals surface area (Å²) in [6.45, 7) is 5.40. The lowest BCUT2D eigenvalue weighted by molar-refractivity contribution is 0.105. The molecule has 31 heavy (non-hydrogen) atoms. The molecule has 8 heteroatoms. The van der Waals surface area contributed by atoms with E-state index in [9.17, 15) is 0 Å². The van der Waals surface area contributed by atoms with Crippen molar-refractivity contribution in [1.29, 1.82) is 0 Å². The molecule has 0 amide bonds. The molecular weight excluding hydrogens is 505 g/mol. The molecule has 0 radical (unpaired) electrons. The number of rotatable bonds is 10. The second-order valence-corrected chi connectivity index (χ2v) is 7.16. The van der Waals surface area contributed by atoms with Gasteiger partial charge in [-0.1, -0.05) is 18.2 Å². The van der Waals surface area contributed by atoms with Crippen LogP contribution in [0.5, 0.6) is 0 Å². The van der Waals surface area contributed by atoms with E-state index >= 15 is 0 Å². The van der Waals surface area contributed by atoms with Gasteiger partial charge in [0.05, 0.1) is 18.3 Å². The van der Waals surface area contributed by atoms with Crippen LogP contribution < -0.4 is 15.5 Å². The molecule has 0 bridgehead atoms. The normalized spacial score (nSPS) is 11.3. The first-order valence-electron chi connectivity index (χ1n) is 10.4. The van der Waals surface area contributed by atoms with Crippen LogP contribution in [0, 0.1) is 0 Å². The van der Waals surface area contributed by atoms with Gasteiger partial charge in [0.25, 0.3) is 0 Å². The van der Waals surface area contributed by atoms with Crippen molar-refractivity contribution in [3.8, 4) is 0 Å². The summed E-state index contributed by atoms with van der Waals surface area (Å²) in [7, 11) is 4.01. The Hall–Kier alpha value is -2.33. The minimum Gasteiger partial charge on any atom is -0.467 e. The molecule has 3 aromatic rings. The van der Waals surface area contributed by atoms with Crippen LogP contribution >= 0.6 is 24.0 Å². The summed E-state index contributed by atoms with van der Waals surface area (Å²) in [5.41, 5.74) is 2.14. The van der Waals surface area contributed by atoms with Crippen LogP contribution in [0.1, 0.15) is 24.7 Å². The third-order valence-corrected chi connectivity index (χ3v) is 4.58. The maximum absolute atomic E-state index is 5.63. The molecule has 0 fully saturated rings. The fourth-order valence-electron chi connectivity index (χ4n) is 3.05. The van der Waals surface area contributed by atoms with E-state index in [1.807, 2.05) is 49.3 Å². The summed E-state index contributed by atoms with van der Waals surface area (Å²) >= 11 is 0. The average molecular weight is 537 g/mol. The summed E-state index contributed by atoms with van der Waals surface area (Å²) in [6.07, 6.45) is 2.54. The number of halogens is 1. The van der Waals surface area contributed by atoms with Crippen molar-refractivity contribution < 1.29 is 9.15 Å². The van der Waals surface area contributed by atoms with Crippen molar-refractivity contribution in [3.63, 3.8) is 0 Å². The number of furan rings is 1. The minimum atomic E-state index is 0. The Morgan fingerprint density at radius 2 is 2.00 bits per heavy atom. The third kappa shape index (κ3) is 7.70. The van der Waals surface area contributed by atoms with Gasteiger partial charge in [0.15, 0.2) is 5.96 Å². The Morgan fingerprint density at radius 3 is 2.74 bits per heavy atom. The second kappa shape index (κ2) is 13.2. The van der Waals surface area contributed by atoms with Gasteiger partial charge in [0, 0.05) is 39.2 Å². The number of aromatic nitrogens is 1. The second-order valence-electron chi connectivity index (χ2n) is 7.16. The Labute approximate surface area is 201 Å². The zero-order valence-corrected chi connectivity index (χ0v) is 20.8. The number of pyridine rings is 1. The zero-order chi connectivity index (χ0) is 21.2. The lowest BCUT2D eigenvalue weighted by Gasteiger charge is -2.15. The van der Waals surface area contributed by atoms with E-state index in [4.69, 9.17) is 19.1 Å². The van der Waals surface area contributed by atoms with Crippen molar-refractivity contribution >= 4 is 46.7 Å². The van der Waals surface area contributed by atoms with Crippen LogP contribution in [0.15, 0.2) is 58.1 Å². The molecule has 2 heterocycles. The largest absolute Gasteiger partial charge is 0.467 e. The Balaban J connectivity index is 0.00000341. The molecule has 1 aromatic carbocycles. The number of ether oxygens (including phenoxy) is 1. The lowest BCUT2D eigenvalue weighted by atomic mass is 10.1. The quantitative estimate of drug-likeness (QED) is 0.175. The van der Waals surface area contributed by atoms with Crippen molar-refractivity contribution in [3.05, 3.63) is 60.1 Å². The summed E-state index contributed by atoms with van der Waals surface area (Å²) in [5, 5.41) is 7.82. The molecule has 0 spiro atoms. The minimum absolute atomic E-state index is 0. The van der Waals surface area contributed by atoms with Gasteiger partial charge in [-0.05, 0) is 43.2 Å². The predicted octanol–water partition coefficient (Wildman–Crippen LogP) is 4.17. The number of fused-ring (bicyclic) bond motifs is 1. The summed E-state index contributed by atoms with van der Waals surface area (Å²) in [4.78, 5) is 11.5. The van der Waals surface area contributed by atoms with Gasteiger partial charge in [-0.25, -0.2) is 9.98 Å². The zero-order valence-electron chi connectivity index (χ0n) is 18.4. The molecule has 0 aliphatic rings. The van der Waals surface area contributed by atoms with E-state index in [2.05, 4.69) is 29.7 Å². The van der Waals surface area contributed by atoms with E-state index < -0.39 is 0 Å². The molecule has 2 N–H and O–H groups in total. The molecule has 0 atom stereocenters. The molecule has 0 saturated carbocycles. The first kappa shape index (κ1) is 24.9. The van der Waals surface area contributed by atoms with Crippen LogP contribution in [-0.4, -0.2) is 44.7 Å². The van der Waals surface area contributed by atoms with E-state index in [0.717, 1.165) is 53.5 Å². The van der Waals surface area contributed by atoms with Crippen LogP contribution in [-0.2, 0) is 17.9 Å². The standard InChI is InChI=1S/C23H31N5O2.HI/c1-4-24-23(25-12-8-13-29-17-19-9-7-14-30-19)26-16-18-15-22(28(2)3)27-21-11-6-5-10-20(18)21;/h5-7,9-11,14-15H,4,8,12-13,16-17H2,1-3H3,(H2,24,25,26);1H. The van der Waals surface area contributed by atoms with Gasteiger partial charge < -0.3 is 24.7 Å². The maximum atomic E-state index is 5.63. The van der Waals surface area contributed by atoms with Gasteiger partial charge in [0.2, 0.25) is 0 Å². The molecule has 0 unspecified atom stereocenters. The van der Waals surface area contributed by atoms with E-state index in [0.29, 0.717) is 19.8 Å². The van der Waals surface area contributed by atoms with E-state index in [-0.39, 0.29) is 24.0 Å². The molecular formula is C23H32IN5O2. The average Bonchev–Trinajstić information content (AvgIpc) is 3.27. The molecule has 168 valence electrons. The number of anilines is 1. The highest BCUT2D eigenvalue weighted by Crippen LogP contribution is 2.22. The maximum Gasteiger partial charge on any atom is 0.191 e. The summed E-state index contributed by atoms with van der Waals surface area (Å²) < 4.78 is 10.9. The van der Waals surface area contributed by atoms with Crippen molar-refractivity contribution in [2.45, 2.75) is 26.5 Å². The number of hydrogen-bond acceptors (Lipinski definition) is 5. The van der Waals surface area contributed by atoms with Gasteiger partial charge in [-0.2, -0.15) is 0 Å².